The van der Waals surface area contributed by atoms with Gasteiger partial charge in [-0.2, -0.15) is 5.26 Å². The van der Waals surface area contributed by atoms with Gasteiger partial charge in [0.2, 0.25) is 0 Å². The Balaban J connectivity index is 2.01. The fraction of sp³-hybridized carbons (Fsp3) is 0.154. The Morgan fingerprint density at radius 3 is 3.10 bits per heavy atom. The maximum atomic E-state index is 10.7. The lowest BCUT2D eigenvalue weighted by Crippen LogP contribution is -2.20. The summed E-state index contributed by atoms with van der Waals surface area (Å²) in [7, 11) is 0. The minimum absolute atomic E-state index is 0.329. The molecule has 1 atom stereocenters. The van der Waals surface area contributed by atoms with Gasteiger partial charge in [-0.1, -0.05) is 12.1 Å². The number of hydrogen-bond donors (Lipinski definition) is 3. The maximum absolute atomic E-state index is 10.7. The molecule has 0 aliphatic rings. The van der Waals surface area contributed by atoms with Crippen LogP contribution in [0.3, 0.4) is 0 Å². The van der Waals surface area contributed by atoms with Gasteiger partial charge in [-0.05, 0) is 17.7 Å². The number of rotatable bonds is 5. The van der Waals surface area contributed by atoms with E-state index >= 15 is 0 Å². The number of nitrogens with one attached hydrogen (secondary N) is 1. The smallest absolute Gasteiger partial charge is 0.326 e. The molecule has 1 heterocycles. The van der Waals surface area contributed by atoms with Gasteiger partial charge >= 0.3 is 5.97 Å². The number of thiazole rings is 1. The van der Waals surface area contributed by atoms with Crippen LogP contribution in [0.15, 0.2) is 29.6 Å². The van der Waals surface area contributed by atoms with E-state index in [1.165, 1.54) is 11.3 Å². The van der Waals surface area contributed by atoms with E-state index < -0.39 is 12.0 Å². The summed E-state index contributed by atoms with van der Waals surface area (Å²) in [5.74, 6) is -1.11. The third kappa shape index (κ3) is 3.32. The van der Waals surface area contributed by atoms with Crippen LogP contribution in [0.1, 0.15) is 22.9 Å². The molecule has 2 rings (SSSR count). The number of nitrogens with zero attached hydrogens (tertiary/aromatic N) is 2. The summed E-state index contributed by atoms with van der Waals surface area (Å²) in [4.78, 5) is 14.9. The zero-order valence-corrected chi connectivity index (χ0v) is 11.2. The molecule has 0 bridgehead atoms. The van der Waals surface area contributed by atoms with Crippen LogP contribution in [-0.2, 0) is 11.3 Å². The number of nitriles is 1. The highest BCUT2D eigenvalue weighted by Gasteiger charge is 2.17. The fourth-order valence-electron chi connectivity index (χ4n) is 1.57. The summed E-state index contributed by atoms with van der Waals surface area (Å²) >= 11 is 1.29. The molecule has 0 aliphatic carbocycles. The largest absolute Gasteiger partial charge is 0.480 e. The van der Waals surface area contributed by atoms with Crippen LogP contribution < -0.4 is 11.1 Å². The lowest BCUT2D eigenvalue weighted by atomic mass is 10.1. The molecule has 0 fully saturated rings. The fourth-order valence-corrected chi connectivity index (χ4v) is 2.31. The van der Waals surface area contributed by atoms with Crippen molar-refractivity contribution < 1.29 is 9.90 Å². The Morgan fingerprint density at radius 1 is 1.60 bits per heavy atom. The second kappa shape index (κ2) is 6.14. The average molecular weight is 288 g/mol. The Morgan fingerprint density at radius 2 is 2.40 bits per heavy atom. The summed E-state index contributed by atoms with van der Waals surface area (Å²) in [5.41, 5.74) is 7.35. The molecule has 0 saturated carbocycles. The Bertz CT molecular complexity index is 662. The molecule has 0 amide bonds. The minimum atomic E-state index is -1.11. The number of benzene rings is 1. The second-order valence-corrected chi connectivity index (χ2v) is 4.92. The lowest BCUT2D eigenvalue weighted by Gasteiger charge is -2.04. The topological polar surface area (TPSA) is 112 Å². The van der Waals surface area contributed by atoms with Gasteiger partial charge in [-0.3, -0.25) is 4.79 Å². The minimum Gasteiger partial charge on any atom is -0.480 e. The van der Waals surface area contributed by atoms with Crippen molar-refractivity contribution in [1.29, 1.82) is 5.26 Å². The molecule has 102 valence electrons. The first kappa shape index (κ1) is 14.0. The van der Waals surface area contributed by atoms with Gasteiger partial charge in [0.25, 0.3) is 0 Å². The molecule has 0 aliphatic heterocycles. The van der Waals surface area contributed by atoms with Crippen LogP contribution in [0.25, 0.3) is 0 Å². The van der Waals surface area contributed by atoms with Crippen LogP contribution in [0.2, 0.25) is 0 Å². The van der Waals surface area contributed by atoms with E-state index in [0.29, 0.717) is 22.9 Å². The van der Waals surface area contributed by atoms with Crippen molar-refractivity contribution in [2.45, 2.75) is 12.6 Å². The van der Waals surface area contributed by atoms with Gasteiger partial charge in [0.05, 0.1) is 17.3 Å². The van der Waals surface area contributed by atoms with Crippen LogP contribution in [0.5, 0.6) is 0 Å². The van der Waals surface area contributed by atoms with E-state index in [-0.39, 0.29) is 0 Å². The molecule has 4 N–H and O–H groups in total. The predicted molar refractivity (Wildman–Crippen MR) is 75.2 cm³/mol. The van der Waals surface area contributed by atoms with Crippen LogP contribution in [0.4, 0.5) is 5.13 Å². The molecule has 0 radical (unpaired) electrons. The summed E-state index contributed by atoms with van der Waals surface area (Å²) in [6.07, 6.45) is 0. The number of nitrogens with two attached hydrogens (primary N) is 1. The number of carboxylic acid groups (broad SMARTS) is 1. The van der Waals surface area contributed by atoms with Crippen molar-refractivity contribution in [2.75, 3.05) is 5.32 Å². The standard InChI is InChI=1S/C13H12N4O2S/c14-5-8-2-1-3-9(4-8)6-16-13-17-10(7-20-13)11(15)12(18)19/h1-4,7,11H,6,15H2,(H,16,17)(H,18,19). The van der Waals surface area contributed by atoms with Gasteiger partial charge in [-0.25, -0.2) is 4.98 Å². The SMILES string of the molecule is N#Cc1cccc(CNc2nc(C(N)C(=O)O)cs2)c1. The first-order valence-corrected chi connectivity index (χ1v) is 6.65. The van der Waals surface area contributed by atoms with Crippen molar-refractivity contribution in [3.8, 4) is 6.07 Å². The molecule has 0 saturated heterocycles. The van der Waals surface area contributed by atoms with Gasteiger partial charge in [0.15, 0.2) is 5.13 Å². The number of aliphatic carboxylic acids is 1. The molecular formula is C13H12N4O2S. The number of aromatic nitrogens is 1. The lowest BCUT2D eigenvalue weighted by molar-refractivity contribution is -0.138. The highest BCUT2D eigenvalue weighted by atomic mass is 32.1. The van der Waals surface area contributed by atoms with Crippen LogP contribution >= 0.6 is 11.3 Å². The molecule has 1 aromatic carbocycles. The Kier molecular flexibility index (Phi) is 4.30. The first-order chi connectivity index (χ1) is 9.60. The van der Waals surface area contributed by atoms with Crippen molar-refractivity contribution in [3.05, 3.63) is 46.5 Å². The van der Waals surface area contributed by atoms with E-state index in [1.807, 2.05) is 12.1 Å². The second-order valence-electron chi connectivity index (χ2n) is 4.06. The molecule has 20 heavy (non-hydrogen) atoms. The molecule has 0 spiro atoms. The monoisotopic (exact) mass is 288 g/mol. The van der Waals surface area contributed by atoms with Gasteiger partial charge in [-0.15, -0.1) is 11.3 Å². The van der Waals surface area contributed by atoms with Crippen molar-refractivity contribution in [1.82, 2.24) is 4.98 Å². The maximum Gasteiger partial charge on any atom is 0.326 e. The molecule has 7 heteroatoms. The van der Waals surface area contributed by atoms with Gasteiger partial charge in [0.1, 0.15) is 6.04 Å². The summed E-state index contributed by atoms with van der Waals surface area (Å²) in [5, 5.41) is 22.9. The third-order valence-electron chi connectivity index (χ3n) is 2.61. The normalized spacial score (nSPS) is 11.6. The number of carbonyl (C=O) groups is 1. The third-order valence-corrected chi connectivity index (χ3v) is 3.42. The number of anilines is 1. The zero-order valence-electron chi connectivity index (χ0n) is 10.4. The molecular weight excluding hydrogens is 276 g/mol. The van der Waals surface area contributed by atoms with Crippen LogP contribution in [-0.4, -0.2) is 16.1 Å². The number of hydrogen-bond acceptors (Lipinski definition) is 6. The predicted octanol–water partition coefficient (Wildman–Crippen LogP) is 1.71. The van der Waals surface area contributed by atoms with Crippen molar-refractivity contribution >= 4 is 22.4 Å². The van der Waals surface area contributed by atoms with Gasteiger partial charge in [0, 0.05) is 11.9 Å². The number of carboxylic acids is 1. The molecule has 1 unspecified atom stereocenters. The summed E-state index contributed by atoms with van der Waals surface area (Å²) in [6, 6.07) is 8.18. The summed E-state index contributed by atoms with van der Waals surface area (Å²) in [6.45, 7) is 0.505. The van der Waals surface area contributed by atoms with E-state index in [2.05, 4.69) is 16.4 Å². The van der Waals surface area contributed by atoms with Gasteiger partial charge < -0.3 is 16.2 Å². The highest BCUT2D eigenvalue weighted by Crippen LogP contribution is 2.20. The van der Waals surface area contributed by atoms with Crippen molar-refractivity contribution in [2.24, 2.45) is 5.73 Å². The highest BCUT2D eigenvalue weighted by molar-refractivity contribution is 7.13. The molecule has 1 aromatic heterocycles. The van der Waals surface area contributed by atoms with Crippen molar-refractivity contribution in [3.63, 3.8) is 0 Å². The molecule has 6 nitrogen and oxygen atoms in total. The van der Waals surface area contributed by atoms with E-state index in [4.69, 9.17) is 16.1 Å². The quantitative estimate of drug-likeness (QED) is 0.772. The Hall–Kier alpha value is -2.43. The van der Waals surface area contributed by atoms with E-state index in [9.17, 15) is 4.79 Å². The molecule has 2 aromatic rings. The zero-order chi connectivity index (χ0) is 14.5. The van der Waals surface area contributed by atoms with Crippen LogP contribution in [0, 0.1) is 11.3 Å². The Labute approximate surface area is 119 Å². The van der Waals surface area contributed by atoms with E-state index in [0.717, 1.165) is 5.56 Å². The van der Waals surface area contributed by atoms with E-state index in [1.54, 1.807) is 17.5 Å². The first-order valence-electron chi connectivity index (χ1n) is 5.77. The summed E-state index contributed by atoms with van der Waals surface area (Å²) < 4.78 is 0. The average Bonchev–Trinajstić information content (AvgIpc) is 2.93.